The van der Waals surface area contributed by atoms with Crippen LogP contribution in [0.4, 0.5) is 0 Å². The highest BCUT2D eigenvalue weighted by Crippen LogP contribution is 2.18. The fourth-order valence-electron chi connectivity index (χ4n) is 2.48. The van der Waals surface area contributed by atoms with Crippen molar-refractivity contribution >= 4 is 23.0 Å². The fraction of sp³-hybridized carbons (Fsp3) is 0.333. The summed E-state index contributed by atoms with van der Waals surface area (Å²) >= 11 is 1.45. The molecule has 0 atom stereocenters. The quantitative estimate of drug-likeness (QED) is 0.899. The third-order valence-corrected chi connectivity index (χ3v) is 4.53. The monoisotopic (exact) mass is 317 g/mol. The standard InChI is InChI=1S/C15H15N3O3S/c1-8-7-22-13(17-8)6-16-14(20)10-5-9-11(18-15(10)21)3-2-4-12(9)19/h5,7H,2-4,6H2,1H3,(H,16,20)(H,18,21). The van der Waals surface area contributed by atoms with Gasteiger partial charge in [-0.3, -0.25) is 14.4 Å². The number of nitrogens with zero attached hydrogens (tertiary/aromatic N) is 1. The smallest absolute Gasteiger partial charge is 0.261 e. The molecule has 1 aliphatic carbocycles. The first-order valence-corrected chi connectivity index (χ1v) is 7.91. The lowest BCUT2D eigenvalue weighted by Crippen LogP contribution is -2.31. The van der Waals surface area contributed by atoms with Gasteiger partial charge in [0.15, 0.2) is 5.78 Å². The van der Waals surface area contributed by atoms with Crippen LogP contribution in [0.3, 0.4) is 0 Å². The highest BCUT2D eigenvalue weighted by Gasteiger charge is 2.22. The van der Waals surface area contributed by atoms with E-state index in [1.807, 2.05) is 12.3 Å². The molecule has 2 N–H and O–H groups in total. The zero-order valence-corrected chi connectivity index (χ0v) is 12.9. The van der Waals surface area contributed by atoms with E-state index in [1.54, 1.807) is 0 Å². The number of aromatic amines is 1. The molecule has 0 aliphatic heterocycles. The molecule has 7 heteroatoms. The van der Waals surface area contributed by atoms with Crippen LogP contribution in [0.2, 0.25) is 0 Å². The number of Topliss-reactive ketones (excluding diaryl/α,β-unsaturated/α-hetero) is 1. The Morgan fingerprint density at radius 3 is 2.95 bits per heavy atom. The van der Waals surface area contributed by atoms with Crippen molar-refractivity contribution in [2.24, 2.45) is 0 Å². The summed E-state index contributed by atoms with van der Waals surface area (Å²) in [4.78, 5) is 43.0. The number of thiazole rings is 1. The number of carbonyl (C=O) groups is 2. The minimum absolute atomic E-state index is 0.0257. The van der Waals surface area contributed by atoms with Crippen molar-refractivity contribution < 1.29 is 9.59 Å². The number of ketones is 1. The van der Waals surface area contributed by atoms with Crippen LogP contribution in [0.25, 0.3) is 0 Å². The summed E-state index contributed by atoms with van der Waals surface area (Å²) in [5.41, 5.74) is 1.50. The summed E-state index contributed by atoms with van der Waals surface area (Å²) in [5.74, 6) is -0.516. The van der Waals surface area contributed by atoms with E-state index in [0.29, 0.717) is 24.1 Å². The van der Waals surface area contributed by atoms with Gasteiger partial charge in [0.05, 0.1) is 6.54 Å². The number of pyridine rings is 1. The van der Waals surface area contributed by atoms with Gasteiger partial charge in [-0.05, 0) is 25.8 Å². The Kier molecular flexibility index (Phi) is 3.89. The topological polar surface area (TPSA) is 91.9 Å². The number of aryl methyl sites for hydroxylation is 2. The predicted molar refractivity (Wildman–Crippen MR) is 82.4 cm³/mol. The van der Waals surface area contributed by atoms with Crippen LogP contribution in [-0.2, 0) is 13.0 Å². The third kappa shape index (κ3) is 2.85. The minimum Gasteiger partial charge on any atom is -0.345 e. The van der Waals surface area contributed by atoms with Gasteiger partial charge in [0.1, 0.15) is 10.6 Å². The number of fused-ring (bicyclic) bond motifs is 1. The van der Waals surface area contributed by atoms with Gasteiger partial charge < -0.3 is 10.3 Å². The Balaban J connectivity index is 1.81. The molecule has 0 radical (unpaired) electrons. The van der Waals surface area contributed by atoms with Gasteiger partial charge in [0.2, 0.25) is 0 Å². The van der Waals surface area contributed by atoms with Crippen LogP contribution in [0, 0.1) is 6.92 Å². The van der Waals surface area contributed by atoms with Gasteiger partial charge >= 0.3 is 0 Å². The Morgan fingerprint density at radius 2 is 2.23 bits per heavy atom. The van der Waals surface area contributed by atoms with E-state index in [4.69, 9.17) is 0 Å². The lowest BCUT2D eigenvalue weighted by atomic mass is 9.93. The summed E-state index contributed by atoms with van der Waals surface area (Å²) in [6.45, 7) is 2.14. The number of nitrogens with one attached hydrogen (secondary N) is 2. The van der Waals surface area contributed by atoms with Gasteiger partial charge in [-0.2, -0.15) is 0 Å². The van der Waals surface area contributed by atoms with Crippen molar-refractivity contribution in [1.29, 1.82) is 0 Å². The zero-order valence-electron chi connectivity index (χ0n) is 12.1. The van der Waals surface area contributed by atoms with Crippen LogP contribution in [0.15, 0.2) is 16.2 Å². The van der Waals surface area contributed by atoms with E-state index in [9.17, 15) is 14.4 Å². The molecule has 0 saturated carbocycles. The SMILES string of the molecule is Cc1csc(CNC(=O)c2cc3c([nH]c2=O)CCCC3=O)n1. The second kappa shape index (κ2) is 5.84. The highest BCUT2D eigenvalue weighted by molar-refractivity contribution is 7.09. The molecular formula is C15H15N3O3S. The Labute approximate surface area is 130 Å². The molecule has 3 rings (SSSR count). The first kappa shape index (κ1) is 14.6. The Morgan fingerprint density at radius 1 is 1.41 bits per heavy atom. The van der Waals surface area contributed by atoms with Crippen molar-refractivity contribution in [3.63, 3.8) is 0 Å². The average Bonchev–Trinajstić information content (AvgIpc) is 2.90. The van der Waals surface area contributed by atoms with E-state index >= 15 is 0 Å². The summed E-state index contributed by atoms with van der Waals surface area (Å²) in [7, 11) is 0. The van der Waals surface area contributed by atoms with E-state index in [-0.39, 0.29) is 17.9 Å². The van der Waals surface area contributed by atoms with E-state index < -0.39 is 11.5 Å². The first-order chi connectivity index (χ1) is 10.5. The molecule has 2 aromatic rings. The van der Waals surface area contributed by atoms with E-state index in [2.05, 4.69) is 15.3 Å². The molecule has 0 saturated heterocycles. The normalized spacial score (nSPS) is 13.8. The van der Waals surface area contributed by atoms with Crippen molar-refractivity contribution in [2.75, 3.05) is 0 Å². The van der Waals surface area contributed by atoms with Crippen molar-refractivity contribution in [3.05, 3.63) is 49.3 Å². The summed E-state index contributed by atoms with van der Waals surface area (Å²) in [5, 5.41) is 5.34. The van der Waals surface area contributed by atoms with E-state index in [0.717, 1.165) is 17.1 Å². The maximum Gasteiger partial charge on any atom is 0.261 e. The first-order valence-electron chi connectivity index (χ1n) is 7.03. The molecule has 6 nitrogen and oxygen atoms in total. The molecule has 0 aromatic carbocycles. The maximum atomic E-state index is 12.2. The van der Waals surface area contributed by atoms with Gasteiger partial charge in [0.25, 0.3) is 11.5 Å². The van der Waals surface area contributed by atoms with Gasteiger partial charge in [-0.25, -0.2) is 4.98 Å². The number of carbonyl (C=O) groups excluding carboxylic acids is 2. The molecular weight excluding hydrogens is 302 g/mol. The predicted octanol–water partition coefficient (Wildman–Crippen LogP) is 1.59. The summed E-state index contributed by atoms with van der Waals surface area (Å²) in [6.07, 6.45) is 1.85. The second-order valence-electron chi connectivity index (χ2n) is 5.25. The molecule has 1 amide bonds. The molecule has 2 heterocycles. The van der Waals surface area contributed by atoms with E-state index in [1.165, 1.54) is 17.4 Å². The largest absolute Gasteiger partial charge is 0.345 e. The number of hydrogen-bond acceptors (Lipinski definition) is 5. The summed E-state index contributed by atoms with van der Waals surface area (Å²) in [6, 6.07) is 1.41. The van der Waals surface area contributed by atoms with Crippen LogP contribution < -0.4 is 10.9 Å². The Hall–Kier alpha value is -2.28. The fourth-order valence-corrected chi connectivity index (χ4v) is 3.19. The lowest BCUT2D eigenvalue weighted by molar-refractivity contribution is 0.0949. The highest BCUT2D eigenvalue weighted by atomic mass is 32.1. The number of H-pyrrole nitrogens is 1. The number of amides is 1. The molecule has 0 fully saturated rings. The number of rotatable bonds is 3. The van der Waals surface area contributed by atoms with Crippen LogP contribution in [0.5, 0.6) is 0 Å². The summed E-state index contributed by atoms with van der Waals surface area (Å²) < 4.78 is 0. The average molecular weight is 317 g/mol. The van der Waals surface area contributed by atoms with Crippen LogP contribution >= 0.6 is 11.3 Å². The van der Waals surface area contributed by atoms with Crippen molar-refractivity contribution in [3.8, 4) is 0 Å². The van der Waals surface area contributed by atoms with Crippen LogP contribution in [0.1, 0.15) is 50.0 Å². The number of aromatic nitrogens is 2. The molecule has 1 aliphatic rings. The number of hydrogen-bond donors (Lipinski definition) is 2. The Bertz CT molecular complexity index is 807. The van der Waals surface area contributed by atoms with Gasteiger partial charge in [-0.15, -0.1) is 11.3 Å². The maximum absolute atomic E-state index is 12.2. The molecule has 0 unspecified atom stereocenters. The zero-order chi connectivity index (χ0) is 15.7. The van der Waals surface area contributed by atoms with Gasteiger partial charge in [-0.1, -0.05) is 0 Å². The van der Waals surface area contributed by atoms with Crippen LogP contribution in [-0.4, -0.2) is 21.7 Å². The third-order valence-electron chi connectivity index (χ3n) is 3.57. The molecule has 22 heavy (non-hydrogen) atoms. The lowest BCUT2D eigenvalue weighted by Gasteiger charge is -2.14. The van der Waals surface area contributed by atoms with Crippen molar-refractivity contribution in [1.82, 2.24) is 15.3 Å². The molecule has 114 valence electrons. The molecule has 2 aromatic heterocycles. The minimum atomic E-state index is -0.490. The van der Waals surface area contributed by atoms with Crippen molar-refractivity contribution in [2.45, 2.75) is 32.7 Å². The molecule has 0 bridgehead atoms. The molecule has 0 spiro atoms. The second-order valence-corrected chi connectivity index (χ2v) is 6.19. The van der Waals surface area contributed by atoms with Gasteiger partial charge in [0, 0.05) is 28.8 Å².